The zero-order valence-corrected chi connectivity index (χ0v) is 11.0. The van der Waals surface area contributed by atoms with Crippen molar-refractivity contribution in [1.82, 2.24) is 5.01 Å². The Hall–Kier alpha value is -1.16. The summed E-state index contributed by atoms with van der Waals surface area (Å²) in [4.78, 5) is 12.1. The molecule has 17 heavy (non-hydrogen) atoms. The number of fused-ring (bicyclic) bond motifs is 1. The van der Waals surface area contributed by atoms with Gasteiger partial charge in [-0.15, -0.1) is 0 Å². The highest BCUT2D eigenvalue weighted by Crippen LogP contribution is 2.31. The lowest BCUT2D eigenvalue weighted by molar-refractivity contribution is -0.132. The van der Waals surface area contributed by atoms with E-state index >= 15 is 0 Å². The number of benzene rings is 1. The largest absolute Gasteiger partial charge is 0.272 e. The van der Waals surface area contributed by atoms with Gasteiger partial charge in [0.05, 0.1) is 18.2 Å². The molecule has 1 atom stereocenters. The zero-order chi connectivity index (χ0) is 11.8. The van der Waals surface area contributed by atoms with E-state index in [1.54, 1.807) is 5.01 Å². The maximum Gasteiger partial charge on any atom is 0.251 e. The van der Waals surface area contributed by atoms with E-state index in [2.05, 4.69) is 21.0 Å². The van der Waals surface area contributed by atoms with Gasteiger partial charge in [0.2, 0.25) is 0 Å². The molecule has 88 valence electrons. The lowest BCUT2D eigenvalue weighted by Crippen LogP contribution is -2.25. The monoisotopic (exact) mass is 292 g/mol. The summed E-state index contributed by atoms with van der Waals surface area (Å²) < 4.78 is 1.03. The number of carbonyl (C=O) groups is 1. The average molecular weight is 293 g/mol. The second-order valence-electron chi connectivity index (χ2n) is 4.52. The molecule has 1 heterocycles. The third-order valence-corrected chi connectivity index (χ3v) is 4.18. The molecule has 0 bridgehead atoms. The lowest BCUT2D eigenvalue weighted by atomic mass is 10.1. The molecule has 3 rings (SSSR count). The van der Waals surface area contributed by atoms with Gasteiger partial charge in [-0.25, -0.2) is 5.01 Å². The lowest BCUT2D eigenvalue weighted by Gasteiger charge is -2.14. The molecule has 0 aromatic heterocycles. The van der Waals surface area contributed by atoms with Crippen LogP contribution in [0.1, 0.15) is 24.8 Å². The quantitative estimate of drug-likeness (QED) is 0.825. The van der Waals surface area contributed by atoms with E-state index < -0.39 is 0 Å². The molecule has 3 nitrogen and oxygen atoms in total. The highest BCUT2D eigenvalue weighted by atomic mass is 79.9. The third-order valence-electron chi connectivity index (χ3n) is 3.41. The van der Waals surface area contributed by atoms with Crippen LogP contribution in [0.4, 0.5) is 0 Å². The highest BCUT2D eigenvalue weighted by Gasteiger charge is 2.38. The summed E-state index contributed by atoms with van der Waals surface area (Å²) in [6.45, 7) is 0.570. The fraction of sp³-hybridized carbons (Fsp3) is 0.385. The predicted molar refractivity (Wildman–Crippen MR) is 69.5 cm³/mol. The van der Waals surface area contributed by atoms with E-state index in [-0.39, 0.29) is 11.8 Å². The molecule has 1 fully saturated rings. The summed E-state index contributed by atoms with van der Waals surface area (Å²) in [6, 6.07) is 7.96. The van der Waals surface area contributed by atoms with Gasteiger partial charge in [-0.05, 0) is 30.9 Å². The fourth-order valence-corrected chi connectivity index (χ4v) is 2.91. The number of nitrogens with zero attached hydrogens (tertiary/aromatic N) is 2. The summed E-state index contributed by atoms with van der Waals surface area (Å²) in [7, 11) is 0. The number of hydrogen-bond acceptors (Lipinski definition) is 2. The van der Waals surface area contributed by atoms with Gasteiger partial charge in [-0.1, -0.05) is 34.1 Å². The van der Waals surface area contributed by atoms with Gasteiger partial charge in [-0.3, -0.25) is 4.79 Å². The van der Waals surface area contributed by atoms with Crippen molar-refractivity contribution in [2.75, 3.05) is 0 Å². The molecular formula is C13H13BrN2O. The first-order valence-corrected chi connectivity index (χ1v) is 6.67. The van der Waals surface area contributed by atoms with Crippen molar-refractivity contribution < 1.29 is 4.79 Å². The van der Waals surface area contributed by atoms with Crippen LogP contribution in [0.15, 0.2) is 33.8 Å². The van der Waals surface area contributed by atoms with Crippen LogP contribution in [-0.4, -0.2) is 16.6 Å². The minimum absolute atomic E-state index is 0.0810. The van der Waals surface area contributed by atoms with Crippen LogP contribution < -0.4 is 0 Å². The van der Waals surface area contributed by atoms with Crippen molar-refractivity contribution in [3.63, 3.8) is 0 Å². The first-order chi connectivity index (χ1) is 8.25. The zero-order valence-electron chi connectivity index (χ0n) is 9.40. The number of amides is 1. The first-order valence-electron chi connectivity index (χ1n) is 5.88. The second kappa shape index (κ2) is 4.26. The number of hydrazone groups is 1. The Labute approximate surface area is 109 Å². The summed E-state index contributed by atoms with van der Waals surface area (Å²) in [6.07, 6.45) is 3.07. The number of carbonyl (C=O) groups excluding carboxylic acids is 1. The number of halogens is 1. The normalized spacial score (nSPS) is 22.9. The van der Waals surface area contributed by atoms with E-state index in [9.17, 15) is 4.79 Å². The molecule has 1 saturated carbocycles. The van der Waals surface area contributed by atoms with E-state index in [0.29, 0.717) is 6.54 Å². The van der Waals surface area contributed by atoms with E-state index in [1.807, 2.05) is 24.3 Å². The molecule has 0 saturated heterocycles. The predicted octanol–water partition coefficient (Wildman–Crippen LogP) is 2.95. The first kappa shape index (κ1) is 11.0. The fourth-order valence-electron chi connectivity index (χ4n) is 2.50. The number of rotatable bonds is 2. The third kappa shape index (κ3) is 1.90. The molecule has 0 spiro atoms. The Bertz CT molecular complexity index is 498. The highest BCUT2D eigenvalue weighted by molar-refractivity contribution is 9.10. The van der Waals surface area contributed by atoms with E-state index in [0.717, 1.165) is 35.0 Å². The summed E-state index contributed by atoms with van der Waals surface area (Å²) in [5, 5.41) is 6.07. The van der Waals surface area contributed by atoms with Gasteiger partial charge in [0.1, 0.15) is 0 Å². The van der Waals surface area contributed by atoms with E-state index in [4.69, 9.17) is 0 Å². The molecule has 1 amide bonds. The van der Waals surface area contributed by atoms with Crippen LogP contribution in [-0.2, 0) is 11.3 Å². The van der Waals surface area contributed by atoms with Crippen molar-refractivity contribution in [3.05, 3.63) is 34.3 Å². The average Bonchev–Trinajstić information content (AvgIpc) is 2.87. The Morgan fingerprint density at radius 1 is 1.41 bits per heavy atom. The minimum atomic E-state index is 0.0810. The Kier molecular flexibility index (Phi) is 2.74. The van der Waals surface area contributed by atoms with Gasteiger partial charge >= 0.3 is 0 Å². The molecule has 0 N–H and O–H groups in total. The molecule has 1 aromatic carbocycles. The van der Waals surface area contributed by atoms with E-state index in [1.165, 1.54) is 0 Å². The summed E-state index contributed by atoms with van der Waals surface area (Å²) in [5.74, 6) is 0.255. The van der Waals surface area contributed by atoms with Crippen LogP contribution in [0.3, 0.4) is 0 Å². The smallest absolute Gasteiger partial charge is 0.251 e. The molecular weight excluding hydrogens is 280 g/mol. The molecule has 1 aromatic rings. The Morgan fingerprint density at radius 3 is 3.00 bits per heavy atom. The Balaban J connectivity index is 1.81. The van der Waals surface area contributed by atoms with Crippen LogP contribution >= 0.6 is 15.9 Å². The van der Waals surface area contributed by atoms with Crippen molar-refractivity contribution in [2.24, 2.45) is 11.0 Å². The standard InChI is InChI=1S/C13H13BrN2O/c14-11-6-2-1-4-9(11)8-16-13(17)10-5-3-7-12(10)15-16/h1-2,4,6,10H,3,5,7-8H2. The van der Waals surface area contributed by atoms with Crippen molar-refractivity contribution in [2.45, 2.75) is 25.8 Å². The maximum atomic E-state index is 12.1. The van der Waals surface area contributed by atoms with Crippen LogP contribution in [0.5, 0.6) is 0 Å². The minimum Gasteiger partial charge on any atom is -0.272 e. The Morgan fingerprint density at radius 2 is 2.24 bits per heavy atom. The molecule has 1 aliphatic heterocycles. The van der Waals surface area contributed by atoms with Gasteiger partial charge in [0.25, 0.3) is 5.91 Å². The molecule has 4 heteroatoms. The van der Waals surface area contributed by atoms with Crippen molar-refractivity contribution in [1.29, 1.82) is 0 Å². The molecule has 1 unspecified atom stereocenters. The van der Waals surface area contributed by atoms with Gasteiger partial charge in [-0.2, -0.15) is 5.10 Å². The number of hydrogen-bond donors (Lipinski definition) is 0. The van der Waals surface area contributed by atoms with Crippen molar-refractivity contribution >= 4 is 27.5 Å². The molecule has 0 radical (unpaired) electrons. The van der Waals surface area contributed by atoms with Crippen molar-refractivity contribution in [3.8, 4) is 0 Å². The van der Waals surface area contributed by atoms with Gasteiger partial charge in [0, 0.05) is 4.47 Å². The SMILES string of the molecule is O=C1C2CCCC2=NN1Cc1ccccc1Br. The molecule has 1 aliphatic carbocycles. The van der Waals surface area contributed by atoms with Crippen LogP contribution in [0, 0.1) is 5.92 Å². The maximum absolute atomic E-state index is 12.1. The summed E-state index contributed by atoms with van der Waals surface area (Å²) >= 11 is 3.50. The van der Waals surface area contributed by atoms with Crippen LogP contribution in [0.2, 0.25) is 0 Å². The topological polar surface area (TPSA) is 32.7 Å². The second-order valence-corrected chi connectivity index (χ2v) is 5.38. The van der Waals surface area contributed by atoms with Gasteiger partial charge < -0.3 is 0 Å². The summed E-state index contributed by atoms with van der Waals surface area (Å²) in [5.41, 5.74) is 2.19. The van der Waals surface area contributed by atoms with Crippen LogP contribution in [0.25, 0.3) is 0 Å². The van der Waals surface area contributed by atoms with Gasteiger partial charge in [0.15, 0.2) is 0 Å². The molecule has 2 aliphatic rings.